The Balaban J connectivity index is 1.62. The van der Waals surface area contributed by atoms with Crippen molar-refractivity contribution in [3.8, 4) is 11.6 Å². The standard InChI is InChI=1S/C29H31N5OS/c1-18(2)35-23-12-10-22(11-13-23)34-28(27(32-29(34)36)25-8-6-7-15-30-25)24-16-20(4)33(21(24)5)26-14-9-19(3)17-31-26/h6-18,27-28H,1-5H3,(H,32,36)/t27-,28-/m0/s1. The zero-order valence-corrected chi connectivity index (χ0v) is 22.1. The Morgan fingerprint density at radius 3 is 2.39 bits per heavy atom. The smallest absolute Gasteiger partial charge is 0.174 e. The summed E-state index contributed by atoms with van der Waals surface area (Å²) < 4.78 is 8.08. The molecule has 6 nitrogen and oxygen atoms in total. The topological polar surface area (TPSA) is 55.2 Å². The van der Waals surface area contributed by atoms with E-state index in [2.05, 4.69) is 76.9 Å². The molecule has 1 N–H and O–H groups in total. The first kappa shape index (κ1) is 24.0. The van der Waals surface area contributed by atoms with Crippen LogP contribution in [0.4, 0.5) is 5.69 Å². The van der Waals surface area contributed by atoms with Gasteiger partial charge in [0.05, 0.1) is 23.9 Å². The number of nitrogens with one attached hydrogen (secondary N) is 1. The van der Waals surface area contributed by atoms with E-state index in [1.807, 2.05) is 50.5 Å². The number of aryl methyl sites for hydroxylation is 2. The molecule has 0 bridgehead atoms. The number of aromatic nitrogens is 3. The number of anilines is 1. The van der Waals surface area contributed by atoms with Crippen molar-refractivity contribution in [1.29, 1.82) is 0 Å². The van der Waals surface area contributed by atoms with Gasteiger partial charge in [-0.2, -0.15) is 0 Å². The van der Waals surface area contributed by atoms with E-state index in [0.717, 1.165) is 39.9 Å². The predicted molar refractivity (Wildman–Crippen MR) is 148 cm³/mol. The number of pyridine rings is 2. The van der Waals surface area contributed by atoms with Gasteiger partial charge < -0.3 is 19.5 Å². The zero-order chi connectivity index (χ0) is 25.4. The third kappa shape index (κ3) is 4.46. The Morgan fingerprint density at radius 2 is 1.75 bits per heavy atom. The minimum atomic E-state index is -0.106. The van der Waals surface area contributed by atoms with E-state index in [9.17, 15) is 0 Å². The Morgan fingerprint density at radius 1 is 0.972 bits per heavy atom. The average Bonchev–Trinajstić information content (AvgIpc) is 3.35. The molecule has 0 spiro atoms. The van der Waals surface area contributed by atoms with E-state index in [4.69, 9.17) is 21.9 Å². The number of thiocarbonyl (C=S) groups is 1. The van der Waals surface area contributed by atoms with Crippen LogP contribution in [0.15, 0.2) is 73.1 Å². The maximum Gasteiger partial charge on any atom is 0.174 e. The van der Waals surface area contributed by atoms with Crippen molar-refractivity contribution >= 4 is 23.0 Å². The largest absolute Gasteiger partial charge is 0.491 e. The summed E-state index contributed by atoms with van der Waals surface area (Å²) in [6.45, 7) is 10.4. The molecule has 7 heteroatoms. The molecule has 4 heterocycles. The first-order valence-electron chi connectivity index (χ1n) is 12.2. The van der Waals surface area contributed by atoms with Crippen LogP contribution in [-0.2, 0) is 0 Å². The molecule has 36 heavy (non-hydrogen) atoms. The summed E-state index contributed by atoms with van der Waals surface area (Å²) in [4.78, 5) is 11.6. The molecule has 0 aliphatic carbocycles. The van der Waals surface area contributed by atoms with Gasteiger partial charge in [-0.05, 0) is 106 Å². The van der Waals surface area contributed by atoms with Crippen molar-refractivity contribution in [2.45, 2.75) is 52.8 Å². The molecule has 1 saturated heterocycles. The van der Waals surface area contributed by atoms with Crippen molar-refractivity contribution in [1.82, 2.24) is 19.9 Å². The predicted octanol–water partition coefficient (Wildman–Crippen LogP) is 6.16. The van der Waals surface area contributed by atoms with Gasteiger partial charge in [0.15, 0.2) is 5.11 Å². The molecule has 2 atom stereocenters. The quantitative estimate of drug-likeness (QED) is 0.322. The molecule has 5 rings (SSSR count). The van der Waals surface area contributed by atoms with Crippen LogP contribution in [0.3, 0.4) is 0 Å². The maximum absolute atomic E-state index is 5.91. The van der Waals surface area contributed by atoms with Gasteiger partial charge in [0.1, 0.15) is 11.6 Å². The molecule has 184 valence electrons. The second kappa shape index (κ2) is 9.74. The van der Waals surface area contributed by atoms with Gasteiger partial charge in [0, 0.05) is 29.5 Å². The third-order valence-corrected chi connectivity index (χ3v) is 6.81. The molecule has 1 aromatic carbocycles. The number of hydrogen-bond donors (Lipinski definition) is 1. The molecule has 1 aliphatic heterocycles. The van der Waals surface area contributed by atoms with Gasteiger partial charge >= 0.3 is 0 Å². The van der Waals surface area contributed by atoms with Gasteiger partial charge in [0.25, 0.3) is 0 Å². The van der Waals surface area contributed by atoms with Crippen molar-refractivity contribution < 1.29 is 4.74 Å². The number of hydrogen-bond acceptors (Lipinski definition) is 4. The lowest BCUT2D eigenvalue weighted by atomic mass is 9.96. The van der Waals surface area contributed by atoms with Gasteiger partial charge in [-0.3, -0.25) is 4.98 Å². The Labute approximate surface area is 218 Å². The lowest BCUT2D eigenvalue weighted by Gasteiger charge is -2.28. The van der Waals surface area contributed by atoms with Crippen molar-refractivity contribution in [3.63, 3.8) is 0 Å². The molecular formula is C29H31N5OS. The Hall–Kier alpha value is -3.71. The summed E-state index contributed by atoms with van der Waals surface area (Å²) in [6, 6.07) is 20.4. The molecular weight excluding hydrogens is 466 g/mol. The highest BCUT2D eigenvalue weighted by molar-refractivity contribution is 7.80. The van der Waals surface area contributed by atoms with Crippen LogP contribution in [0, 0.1) is 20.8 Å². The van der Waals surface area contributed by atoms with E-state index < -0.39 is 0 Å². The fraction of sp³-hybridized carbons (Fsp3) is 0.276. The summed E-state index contributed by atoms with van der Waals surface area (Å²) in [5, 5.41) is 4.23. The lowest BCUT2D eigenvalue weighted by molar-refractivity contribution is 0.242. The zero-order valence-electron chi connectivity index (χ0n) is 21.3. The number of nitrogens with zero attached hydrogens (tertiary/aromatic N) is 4. The molecule has 4 aromatic rings. The maximum atomic E-state index is 5.91. The first-order chi connectivity index (χ1) is 17.3. The van der Waals surface area contributed by atoms with Crippen LogP contribution in [0.5, 0.6) is 5.75 Å². The number of benzene rings is 1. The van der Waals surface area contributed by atoms with Crippen LogP contribution in [0.2, 0.25) is 0 Å². The van der Waals surface area contributed by atoms with Crippen LogP contribution in [-0.4, -0.2) is 25.8 Å². The minimum absolute atomic E-state index is 0.0883. The van der Waals surface area contributed by atoms with E-state index in [1.165, 1.54) is 5.56 Å². The molecule has 0 radical (unpaired) electrons. The molecule has 1 aliphatic rings. The summed E-state index contributed by atoms with van der Waals surface area (Å²) >= 11 is 5.91. The van der Waals surface area contributed by atoms with Gasteiger partial charge in [-0.1, -0.05) is 12.1 Å². The van der Waals surface area contributed by atoms with Crippen LogP contribution < -0.4 is 15.0 Å². The summed E-state index contributed by atoms with van der Waals surface area (Å²) in [6.07, 6.45) is 3.86. The average molecular weight is 498 g/mol. The highest BCUT2D eigenvalue weighted by Gasteiger charge is 2.42. The van der Waals surface area contributed by atoms with Crippen LogP contribution in [0.25, 0.3) is 5.82 Å². The second-order valence-corrected chi connectivity index (χ2v) is 9.90. The van der Waals surface area contributed by atoms with Crippen molar-refractivity contribution in [2.24, 2.45) is 0 Å². The SMILES string of the molecule is Cc1ccc(-n2c(C)cc([C@H]3[C@H](c4ccccn4)NC(=S)N3c3ccc(OC(C)C)cc3)c2C)nc1. The summed E-state index contributed by atoms with van der Waals surface area (Å²) in [7, 11) is 0. The molecule has 0 saturated carbocycles. The fourth-order valence-corrected chi connectivity index (χ4v) is 5.28. The highest BCUT2D eigenvalue weighted by Crippen LogP contribution is 2.43. The van der Waals surface area contributed by atoms with E-state index >= 15 is 0 Å². The minimum Gasteiger partial charge on any atom is -0.491 e. The van der Waals surface area contributed by atoms with Crippen molar-refractivity contribution in [3.05, 3.63) is 101 Å². The molecule has 3 aromatic heterocycles. The van der Waals surface area contributed by atoms with Crippen molar-refractivity contribution in [2.75, 3.05) is 4.90 Å². The van der Waals surface area contributed by atoms with Gasteiger partial charge in [-0.25, -0.2) is 4.98 Å². The van der Waals surface area contributed by atoms with Gasteiger partial charge in [-0.15, -0.1) is 0 Å². The van der Waals surface area contributed by atoms with E-state index in [1.54, 1.807) is 0 Å². The highest BCUT2D eigenvalue weighted by atomic mass is 32.1. The lowest BCUT2D eigenvalue weighted by Crippen LogP contribution is -2.29. The van der Waals surface area contributed by atoms with Crippen LogP contribution in [0.1, 0.15) is 54.1 Å². The first-order valence-corrected chi connectivity index (χ1v) is 12.6. The number of ether oxygens (including phenoxy) is 1. The fourth-order valence-electron chi connectivity index (χ4n) is 4.94. The molecule has 0 unspecified atom stereocenters. The van der Waals surface area contributed by atoms with E-state index in [0.29, 0.717) is 5.11 Å². The Bertz CT molecular complexity index is 1360. The van der Waals surface area contributed by atoms with E-state index in [-0.39, 0.29) is 18.2 Å². The van der Waals surface area contributed by atoms with Crippen LogP contribution >= 0.6 is 12.2 Å². The normalized spacial score (nSPS) is 17.5. The van der Waals surface area contributed by atoms with Gasteiger partial charge in [0.2, 0.25) is 0 Å². The summed E-state index contributed by atoms with van der Waals surface area (Å²) in [5.74, 6) is 1.75. The molecule has 0 amide bonds. The monoisotopic (exact) mass is 497 g/mol. The molecule has 1 fully saturated rings. The summed E-state index contributed by atoms with van der Waals surface area (Å²) in [5.41, 5.74) is 6.53. The third-order valence-electron chi connectivity index (χ3n) is 6.50. The Kier molecular flexibility index (Phi) is 6.49. The second-order valence-electron chi connectivity index (χ2n) is 9.51. The number of rotatable bonds is 6.